The van der Waals surface area contributed by atoms with Crippen LogP contribution in [0.4, 0.5) is 0 Å². The van der Waals surface area contributed by atoms with Gasteiger partial charge in [-0.2, -0.15) is 16.9 Å². The van der Waals surface area contributed by atoms with Crippen LogP contribution < -0.4 is 5.73 Å². The Morgan fingerprint density at radius 1 is 1.56 bits per heavy atom. The average molecular weight is 262 g/mol. The summed E-state index contributed by atoms with van der Waals surface area (Å²) in [5.41, 5.74) is 7.64. The Morgan fingerprint density at radius 2 is 2.25 bits per heavy atom. The summed E-state index contributed by atoms with van der Waals surface area (Å²) in [7, 11) is 1.95. The first-order valence-corrected chi connectivity index (χ1v) is 7.04. The van der Waals surface area contributed by atoms with Crippen molar-refractivity contribution in [2.75, 3.05) is 6.54 Å². The number of nitrogens with zero attached hydrogens (tertiary/aromatic N) is 2. The maximum Gasteiger partial charge on any atom is 0.0858 e. The van der Waals surface area contributed by atoms with Gasteiger partial charge in [-0.25, -0.2) is 0 Å². The molecule has 0 aliphatic carbocycles. The lowest BCUT2D eigenvalue weighted by atomic mass is 10.3. The molecule has 0 saturated heterocycles. The number of aryl methyl sites for hydroxylation is 2. The molecule has 2 N–H and O–H groups in total. The van der Waals surface area contributed by atoms with Crippen LogP contribution in [0.2, 0.25) is 5.02 Å². The Bertz CT molecular complexity index is 338. The van der Waals surface area contributed by atoms with Gasteiger partial charge in [-0.3, -0.25) is 4.68 Å². The number of nitrogens with two attached hydrogens (primary N) is 1. The zero-order valence-electron chi connectivity index (χ0n) is 10.2. The highest BCUT2D eigenvalue weighted by atomic mass is 35.5. The molecule has 3 nitrogen and oxygen atoms in total. The fourth-order valence-electron chi connectivity index (χ4n) is 1.52. The topological polar surface area (TPSA) is 43.8 Å². The highest BCUT2D eigenvalue weighted by molar-refractivity contribution is 7.99. The average Bonchev–Trinajstić information content (AvgIpc) is 2.52. The maximum absolute atomic E-state index is 6.27. The van der Waals surface area contributed by atoms with Gasteiger partial charge in [-0.15, -0.1) is 0 Å². The van der Waals surface area contributed by atoms with Crippen LogP contribution in [0.25, 0.3) is 0 Å². The van der Waals surface area contributed by atoms with Gasteiger partial charge in [0.2, 0.25) is 0 Å². The first-order valence-electron chi connectivity index (χ1n) is 5.62. The Balaban J connectivity index is 2.63. The maximum atomic E-state index is 6.27. The predicted octanol–water partition coefficient (Wildman–Crippen LogP) is 2.61. The summed E-state index contributed by atoms with van der Waals surface area (Å²) < 4.78 is 1.89. The molecule has 0 aromatic carbocycles. The number of hydrogen-bond donors (Lipinski definition) is 1. The second-order valence-corrected chi connectivity index (χ2v) is 5.69. The SMILES string of the molecule is CCc1nn(C)c(CSC(C)CCN)c1Cl. The molecule has 1 unspecified atom stereocenters. The van der Waals surface area contributed by atoms with E-state index in [1.54, 1.807) is 0 Å². The molecule has 0 spiro atoms. The Morgan fingerprint density at radius 3 is 2.75 bits per heavy atom. The van der Waals surface area contributed by atoms with Crippen molar-refractivity contribution < 1.29 is 0 Å². The smallest absolute Gasteiger partial charge is 0.0858 e. The molecular weight excluding hydrogens is 242 g/mol. The van der Waals surface area contributed by atoms with Gasteiger partial charge in [0.1, 0.15) is 0 Å². The van der Waals surface area contributed by atoms with Crippen LogP contribution in [-0.2, 0) is 19.2 Å². The molecule has 1 atom stereocenters. The monoisotopic (exact) mass is 261 g/mol. The third-order valence-corrected chi connectivity index (χ3v) is 4.26. The van der Waals surface area contributed by atoms with Gasteiger partial charge < -0.3 is 5.73 Å². The Hall–Kier alpha value is -0.190. The van der Waals surface area contributed by atoms with Gasteiger partial charge in [0.05, 0.1) is 16.4 Å². The summed E-state index contributed by atoms with van der Waals surface area (Å²) in [5, 5.41) is 5.80. The van der Waals surface area contributed by atoms with E-state index in [2.05, 4.69) is 18.9 Å². The quantitative estimate of drug-likeness (QED) is 0.856. The van der Waals surface area contributed by atoms with Crippen molar-refractivity contribution in [3.8, 4) is 0 Å². The fourth-order valence-corrected chi connectivity index (χ4v) is 3.03. The van der Waals surface area contributed by atoms with E-state index in [1.165, 1.54) is 0 Å². The summed E-state index contributed by atoms with van der Waals surface area (Å²) in [6.45, 7) is 5.01. The van der Waals surface area contributed by atoms with Gasteiger partial charge in [0.15, 0.2) is 0 Å². The number of aromatic nitrogens is 2. The first kappa shape index (κ1) is 13.9. The lowest BCUT2D eigenvalue weighted by Gasteiger charge is -2.09. The molecule has 0 fully saturated rings. The molecule has 0 saturated carbocycles. The van der Waals surface area contributed by atoms with E-state index in [0.717, 1.165) is 41.5 Å². The Labute approximate surface area is 107 Å². The third-order valence-electron chi connectivity index (χ3n) is 2.58. The summed E-state index contributed by atoms with van der Waals surface area (Å²) in [5.74, 6) is 0.906. The largest absolute Gasteiger partial charge is 0.330 e. The van der Waals surface area contributed by atoms with Crippen molar-refractivity contribution >= 4 is 23.4 Å². The van der Waals surface area contributed by atoms with Crippen molar-refractivity contribution in [3.63, 3.8) is 0 Å². The Kier molecular flexibility index (Phi) is 5.66. The minimum absolute atomic E-state index is 0.570. The molecule has 0 amide bonds. The van der Waals surface area contributed by atoms with E-state index in [9.17, 15) is 0 Å². The van der Waals surface area contributed by atoms with Crippen LogP contribution in [0.3, 0.4) is 0 Å². The van der Waals surface area contributed by atoms with Crippen molar-refractivity contribution in [3.05, 3.63) is 16.4 Å². The van der Waals surface area contributed by atoms with Crippen molar-refractivity contribution in [1.29, 1.82) is 0 Å². The molecule has 1 aromatic heterocycles. The van der Waals surface area contributed by atoms with Crippen LogP contribution in [0.15, 0.2) is 0 Å². The minimum atomic E-state index is 0.570. The lowest BCUT2D eigenvalue weighted by Crippen LogP contribution is -2.08. The van der Waals surface area contributed by atoms with E-state index in [-0.39, 0.29) is 0 Å². The number of thioether (sulfide) groups is 1. The van der Waals surface area contributed by atoms with Crippen LogP contribution in [0, 0.1) is 0 Å². The second kappa shape index (κ2) is 6.52. The van der Waals surface area contributed by atoms with Crippen molar-refractivity contribution in [2.24, 2.45) is 12.8 Å². The molecule has 0 bridgehead atoms. The molecule has 0 aliphatic heterocycles. The predicted molar refractivity (Wildman–Crippen MR) is 72.0 cm³/mol. The van der Waals surface area contributed by atoms with Crippen LogP contribution in [0.5, 0.6) is 0 Å². The molecule has 1 heterocycles. The highest BCUT2D eigenvalue weighted by Gasteiger charge is 2.13. The van der Waals surface area contributed by atoms with Crippen LogP contribution >= 0.6 is 23.4 Å². The van der Waals surface area contributed by atoms with E-state index in [1.807, 2.05) is 23.5 Å². The van der Waals surface area contributed by atoms with Gasteiger partial charge in [0, 0.05) is 18.1 Å². The molecular formula is C11H20ClN3S. The normalized spacial score (nSPS) is 13.1. The molecule has 5 heteroatoms. The summed E-state index contributed by atoms with van der Waals surface area (Å²) in [6, 6.07) is 0. The number of halogens is 1. The van der Waals surface area contributed by atoms with Gasteiger partial charge in [0.25, 0.3) is 0 Å². The molecule has 0 aliphatic rings. The fraction of sp³-hybridized carbons (Fsp3) is 0.727. The second-order valence-electron chi connectivity index (χ2n) is 3.88. The molecule has 0 radical (unpaired) electrons. The molecule has 1 aromatic rings. The van der Waals surface area contributed by atoms with Gasteiger partial charge in [-0.05, 0) is 19.4 Å². The zero-order valence-corrected chi connectivity index (χ0v) is 11.7. The van der Waals surface area contributed by atoms with E-state index >= 15 is 0 Å². The highest BCUT2D eigenvalue weighted by Crippen LogP contribution is 2.27. The molecule has 1 rings (SSSR count). The standard InChI is InChI=1S/C11H20ClN3S/c1-4-9-11(12)10(15(3)14-9)7-16-8(2)5-6-13/h8H,4-7,13H2,1-3H3. The van der Waals surface area contributed by atoms with Crippen LogP contribution in [0.1, 0.15) is 31.7 Å². The van der Waals surface area contributed by atoms with Gasteiger partial charge >= 0.3 is 0 Å². The van der Waals surface area contributed by atoms with E-state index < -0.39 is 0 Å². The number of rotatable bonds is 6. The molecule has 92 valence electrons. The van der Waals surface area contributed by atoms with E-state index in [0.29, 0.717) is 5.25 Å². The first-order chi connectivity index (χ1) is 7.60. The van der Waals surface area contributed by atoms with Crippen LogP contribution in [-0.4, -0.2) is 21.6 Å². The van der Waals surface area contributed by atoms with Crippen molar-refractivity contribution in [2.45, 2.75) is 37.7 Å². The van der Waals surface area contributed by atoms with E-state index in [4.69, 9.17) is 17.3 Å². The van der Waals surface area contributed by atoms with Crippen molar-refractivity contribution in [1.82, 2.24) is 9.78 Å². The van der Waals surface area contributed by atoms with Gasteiger partial charge in [-0.1, -0.05) is 25.4 Å². The zero-order chi connectivity index (χ0) is 12.1. The number of hydrogen-bond acceptors (Lipinski definition) is 3. The summed E-state index contributed by atoms with van der Waals surface area (Å²) in [4.78, 5) is 0. The lowest BCUT2D eigenvalue weighted by molar-refractivity contribution is 0.719. The summed E-state index contributed by atoms with van der Waals surface area (Å²) in [6.07, 6.45) is 1.93. The molecule has 16 heavy (non-hydrogen) atoms. The summed E-state index contributed by atoms with van der Waals surface area (Å²) >= 11 is 8.15. The third kappa shape index (κ3) is 3.40. The minimum Gasteiger partial charge on any atom is -0.330 e.